The van der Waals surface area contributed by atoms with Crippen LogP contribution in [0.2, 0.25) is 0 Å². The van der Waals surface area contributed by atoms with Crippen LogP contribution >= 0.6 is 11.8 Å². The van der Waals surface area contributed by atoms with Crippen LogP contribution in [0.1, 0.15) is 5.56 Å². The van der Waals surface area contributed by atoms with Crippen molar-refractivity contribution in [2.24, 2.45) is 7.05 Å². The van der Waals surface area contributed by atoms with E-state index in [9.17, 15) is 14.0 Å². The number of nitrogens with one attached hydrogen (secondary N) is 1. The molecule has 1 aromatic heterocycles. The van der Waals surface area contributed by atoms with Gasteiger partial charge in [-0.05, 0) is 30.7 Å². The normalized spacial score (nSPS) is 10.8. The Kier molecular flexibility index (Phi) is 4.90. The number of hydrogen-bond donors (Lipinski definition) is 1. The molecular formula is C19H17FN2O2S. The number of nitrogens with zero attached hydrogens (tertiary/aromatic N) is 1. The molecule has 0 spiro atoms. The van der Waals surface area contributed by atoms with Crippen molar-refractivity contribution in [3.8, 4) is 0 Å². The van der Waals surface area contributed by atoms with Gasteiger partial charge in [0.15, 0.2) is 0 Å². The molecule has 25 heavy (non-hydrogen) atoms. The SMILES string of the molecule is Cc1ccc(NC(=O)CSc2cc(=O)n(C)c3ccccc23)cc1F. The number of benzene rings is 2. The fourth-order valence-corrected chi connectivity index (χ4v) is 3.38. The van der Waals surface area contributed by atoms with Crippen molar-refractivity contribution in [1.82, 2.24) is 4.57 Å². The molecule has 3 aromatic rings. The number of pyridine rings is 1. The van der Waals surface area contributed by atoms with Gasteiger partial charge in [-0.1, -0.05) is 24.3 Å². The molecule has 3 rings (SSSR count). The maximum absolute atomic E-state index is 13.5. The maximum atomic E-state index is 13.5. The summed E-state index contributed by atoms with van der Waals surface area (Å²) in [5.74, 6) is -0.479. The van der Waals surface area contributed by atoms with Crippen molar-refractivity contribution >= 4 is 34.3 Å². The molecule has 0 atom stereocenters. The Morgan fingerprint density at radius 2 is 1.96 bits per heavy atom. The summed E-state index contributed by atoms with van der Waals surface area (Å²) in [6.07, 6.45) is 0. The van der Waals surface area contributed by atoms with Crippen molar-refractivity contribution in [1.29, 1.82) is 0 Å². The summed E-state index contributed by atoms with van der Waals surface area (Å²) >= 11 is 1.29. The van der Waals surface area contributed by atoms with Gasteiger partial charge in [0.1, 0.15) is 5.82 Å². The van der Waals surface area contributed by atoms with Crippen LogP contribution in [0.5, 0.6) is 0 Å². The molecule has 128 valence electrons. The molecule has 1 heterocycles. The van der Waals surface area contributed by atoms with Gasteiger partial charge in [-0.3, -0.25) is 9.59 Å². The number of hydrogen-bond acceptors (Lipinski definition) is 3. The minimum absolute atomic E-state index is 0.123. The smallest absolute Gasteiger partial charge is 0.251 e. The molecule has 0 unspecified atom stereocenters. The Morgan fingerprint density at radius 3 is 2.72 bits per heavy atom. The minimum Gasteiger partial charge on any atom is -0.325 e. The van der Waals surface area contributed by atoms with Crippen LogP contribution in [0.4, 0.5) is 10.1 Å². The number of halogens is 1. The Bertz CT molecular complexity index is 1010. The van der Waals surface area contributed by atoms with Gasteiger partial charge in [0.2, 0.25) is 5.91 Å². The van der Waals surface area contributed by atoms with Gasteiger partial charge in [-0.25, -0.2) is 4.39 Å². The maximum Gasteiger partial charge on any atom is 0.251 e. The van der Waals surface area contributed by atoms with Crippen molar-refractivity contribution in [3.05, 3.63) is 70.3 Å². The number of carbonyl (C=O) groups excluding carboxylic acids is 1. The molecule has 0 saturated heterocycles. The third-order valence-electron chi connectivity index (χ3n) is 3.93. The molecule has 0 aliphatic rings. The first-order valence-electron chi connectivity index (χ1n) is 7.73. The van der Waals surface area contributed by atoms with E-state index in [1.807, 2.05) is 24.3 Å². The van der Waals surface area contributed by atoms with E-state index >= 15 is 0 Å². The van der Waals surface area contributed by atoms with Crippen LogP contribution in [-0.2, 0) is 11.8 Å². The van der Waals surface area contributed by atoms with Crippen molar-refractivity contribution in [2.75, 3.05) is 11.1 Å². The van der Waals surface area contributed by atoms with Gasteiger partial charge in [0, 0.05) is 29.1 Å². The summed E-state index contributed by atoms with van der Waals surface area (Å²) in [7, 11) is 1.72. The lowest BCUT2D eigenvalue weighted by molar-refractivity contribution is -0.113. The number of fused-ring (bicyclic) bond motifs is 1. The van der Waals surface area contributed by atoms with Gasteiger partial charge >= 0.3 is 0 Å². The second-order valence-corrected chi connectivity index (χ2v) is 6.74. The molecule has 1 N–H and O–H groups in total. The number of carbonyl (C=O) groups is 1. The van der Waals surface area contributed by atoms with Crippen LogP contribution in [0.15, 0.2) is 58.2 Å². The second kappa shape index (κ2) is 7.11. The fourth-order valence-electron chi connectivity index (χ4n) is 2.51. The van der Waals surface area contributed by atoms with E-state index < -0.39 is 0 Å². The predicted octanol–water partition coefficient (Wildman–Crippen LogP) is 3.72. The van der Waals surface area contributed by atoms with Crippen LogP contribution in [0, 0.1) is 12.7 Å². The van der Waals surface area contributed by atoms with Gasteiger partial charge in [0.25, 0.3) is 5.56 Å². The average Bonchev–Trinajstić information content (AvgIpc) is 2.60. The van der Waals surface area contributed by atoms with Crippen LogP contribution < -0.4 is 10.9 Å². The van der Waals surface area contributed by atoms with E-state index in [1.54, 1.807) is 30.7 Å². The summed E-state index contributed by atoms with van der Waals surface area (Å²) in [5, 5.41) is 3.59. The van der Waals surface area contributed by atoms with E-state index in [2.05, 4.69) is 5.32 Å². The largest absolute Gasteiger partial charge is 0.325 e. The van der Waals surface area contributed by atoms with Crippen molar-refractivity contribution in [2.45, 2.75) is 11.8 Å². The lowest BCUT2D eigenvalue weighted by Gasteiger charge is -2.10. The first-order valence-corrected chi connectivity index (χ1v) is 8.72. The molecule has 2 aromatic carbocycles. The first-order chi connectivity index (χ1) is 12.0. The van der Waals surface area contributed by atoms with Crippen LogP contribution in [0.25, 0.3) is 10.9 Å². The molecule has 6 heteroatoms. The first kappa shape index (κ1) is 17.2. The van der Waals surface area contributed by atoms with Gasteiger partial charge in [-0.15, -0.1) is 11.8 Å². The molecule has 0 aliphatic heterocycles. The van der Waals surface area contributed by atoms with Crippen LogP contribution in [-0.4, -0.2) is 16.2 Å². The lowest BCUT2D eigenvalue weighted by atomic mass is 10.2. The molecule has 1 amide bonds. The zero-order valence-corrected chi connectivity index (χ0v) is 14.7. The molecule has 4 nitrogen and oxygen atoms in total. The number of rotatable bonds is 4. The Balaban J connectivity index is 1.76. The number of aromatic nitrogens is 1. The summed E-state index contributed by atoms with van der Waals surface area (Å²) in [5.41, 5.74) is 1.64. The molecule has 0 aliphatic carbocycles. The summed E-state index contributed by atoms with van der Waals surface area (Å²) in [6.45, 7) is 1.66. The molecule has 0 fully saturated rings. The molecule has 0 bridgehead atoms. The van der Waals surface area contributed by atoms with E-state index in [0.717, 1.165) is 15.8 Å². The Hall–Kier alpha value is -2.60. The highest BCUT2D eigenvalue weighted by atomic mass is 32.2. The van der Waals surface area contributed by atoms with Crippen molar-refractivity contribution in [3.63, 3.8) is 0 Å². The highest BCUT2D eigenvalue weighted by molar-refractivity contribution is 8.00. The third kappa shape index (κ3) is 3.74. The Morgan fingerprint density at radius 1 is 1.20 bits per heavy atom. The quantitative estimate of drug-likeness (QED) is 0.725. The van der Waals surface area contributed by atoms with Gasteiger partial charge in [0.05, 0.1) is 11.3 Å². The van der Waals surface area contributed by atoms with E-state index in [-0.39, 0.29) is 23.0 Å². The van der Waals surface area contributed by atoms with Gasteiger partial charge < -0.3 is 9.88 Å². The molecule has 0 saturated carbocycles. The fraction of sp³-hybridized carbons (Fsp3) is 0.158. The second-order valence-electron chi connectivity index (χ2n) is 5.72. The zero-order chi connectivity index (χ0) is 18.0. The number of amides is 1. The predicted molar refractivity (Wildman–Crippen MR) is 99.7 cm³/mol. The van der Waals surface area contributed by atoms with E-state index in [4.69, 9.17) is 0 Å². The summed E-state index contributed by atoms with van der Waals surface area (Å²) in [6, 6.07) is 13.7. The lowest BCUT2D eigenvalue weighted by Crippen LogP contribution is -2.17. The minimum atomic E-state index is -0.358. The number of anilines is 1. The van der Waals surface area contributed by atoms with E-state index in [1.165, 1.54) is 23.9 Å². The summed E-state index contributed by atoms with van der Waals surface area (Å²) in [4.78, 5) is 25.0. The molecule has 0 radical (unpaired) electrons. The van der Waals surface area contributed by atoms with Crippen LogP contribution in [0.3, 0.4) is 0 Å². The number of para-hydroxylation sites is 1. The standard InChI is InChI=1S/C19H17FN2O2S/c1-12-7-8-13(9-15(12)20)21-18(23)11-25-17-10-19(24)22(2)16-6-4-3-5-14(16)17/h3-10H,11H2,1-2H3,(H,21,23). The zero-order valence-electron chi connectivity index (χ0n) is 13.9. The highest BCUT2D eigenvalue weighted by Gasteiger charge is 2.10. The number of aryl methyl sites for hydroxylation is 2. The number of thioether (sulfide) groups is 1. The monoisotopic (exact) mass is 356 g/mol. The van der Waals surface area contributed by atoms with Gasteiger partial charge in [-0.2, -0.15) is 0 Å². The summed E-state index contributed by atoms with van der Waals surface area (Å²) < 4.78 is 15.1. The Labute approximate surface area is 148 Å². The molecular weight excluding hydrogens is 339 g/mol. The topological polar surface area (TPSA) is 51.1 Å². The third-order valence-corrected chi connectivity index (χ3v) is 4.99. The van der Waals surface area contributed by atoms with E-state index in [0.29, 0.717) is 11.3 Å². The average molecular weight is 356 g/mol. The highest BCUT2D eigenvalue weighted by Crippen LogP contribution is 2.26. The van der Waals surface area contributed by atoms with Crippen molar-refractivity contribution < 1.29 is 9.18 Å².